The molecule has 3 aromatic rings. The summed E-state index contributed by atoms with van der Waals surface area (Å²) in [6.07, 6.45) is -4.43. The van der Waals surface area contributed by atoms with Gasteiger partial charge in [-0.3, -0.25) is 9.52 Å². The lowest BCUT2D eigenvalue weighted by molar-refractivity contribution is -0.137. The van der Waals surface area contributed by atoms with E-state index in [0.717, 1.165) is 23.3 Å². The first kappa shape index (κ1) is 26.5. The number of nitrogens with zero attached hydrogens (tertiary/aromatic N) is 2. The molecule has 0 bridgehead atoms. The monoisotopic (exact) mass is 531 g/mol. The summed E-state index contributed by atoms with van der Waals surface area (Å²) in [6, 6.07) is 15.1. The predicted octanol–water partition coefficient (Wildman–Crippen LogP) is 5.39. The van der Waals surface area contributed by atoms with Gasteiger partial charge in [-0.15, -0.1) is 0 Å². The molecule has 0 aliphatic carbocycles. The lowest BCUT2D eigenvalue weighted by atomic mass is 10.1. The fourth-order valence-corrected chi connectivity index (χ4v) is 5.71. The summed E-state index contributed by atoms with van der Waals surface area (Å²) in [7, 11) is -3.95. The smallest absolute Gasteiger partial charge is 0.368 e. The summed E-state index contributed by atoms with van der Waals surface area (Å²) in [5.74, 6) is -0.327. The topological polar surface area (TPSA) is 69.7 Å². The molecule has 3 aromatic carbocycles. The fraction of sp³-hybridized carbons (Fsp3) is 0.296. The minimum Gasteiger partial charge on any atom is -0.368 e. The number of hydrogen-bond acceptors (Lipinski definition) is 4. The third kappa shape index (κ3) is 5.74. The lowest BCUT2D eigenvalue weighted by Gasteiger charge is -2.36. The van der Waals surface area contributed by atoms with E-state index in [1.165, 1.54) is 12.1 Å². The number of carbonyl (C=O) groups is 1. The molecule has 6 nitrogen and oxygen atoms in total. The number of piperazine rings is 1. The molecule has 1 heterocycles. The first-order valence-corrected chi connectivity index (χ1v) is 13.3. The number of amides is 1. The molecule has 196 valence electrons. The van der Waals surface area contributed by atoms with Gasteiger partial charge in [-0.25, -0.2) is 8.42 Å². The number of alkyl halides is 3. The van der Waals surface area contributed by atoms with Gasteiger partial charge >= 0.3 is 6.18 Å². The zero-order valence-corrected chi connectivity index (χ0v) is 21.6. The standard InChI is InChI=1S/C27H28F3N3O3S/c1-18-6-4-9-24(20(18)3)31-37(35,36)25-16-21(11-10-19(25)2)26(34)33-14-12-32(13-15-33)23-8-5-7-22(17-23)27(28,29)30/h4-11,16-17,31H,12-15H2,1-3H3. The van der Waals surface area contributed by atoms with E-state index in [-0.39, 0.29) is 16.4 Å². The highest BCUT2D eigenvalue weighted by molar-refractivity contribution is 7.92. The Hall–Kier alpha value is -3.53. The van der Waals surface area contributed by atoms with Crippen LogP contribution in [0.5, 0.6) is 0 Å². The second-order valence-corrected chi connectivity index (χ2v) is 10.8. The zero-order chi connectivity index (χ0) is 27.0. The van der Waals surface area contributed by atoms with Gasteiger partial charge in [0.25, 0.3) is 15.9 Å². The average Bonchev–Trinajstić information content (AvgIpc) is 2.86. The molecule has 1 aliphatic heterocycles. The third-order valence-corrected chi connectivity index (χ3v) is 8.19. The van der Waals surface area contributed by atoms with Crippen molar-refractivity contribution in [2.75, 3.05) is 35.8 Å². The first-order valence-electron chi connectivity index (χ1n) is 11.8. The Bertz CT molecular complexity index is 1430. The molecule has 4 rings (SSSR count). The van der Waals surface area contributed by atoms with Gasteiger partial charge in [0, 0.05) is 37.4 Å². The number of carbonyl (C=O) groups excluding carboxylic acids is 1. The van der Waals surface area contributed by atoms with Crippen LogP contribution in [0.15, 0.2) is 65.6 Å². The van der Waals surface area contributed by atoms with Crippen molar-refractivity contribution in [2.24, 2.45) is 0 Å². The van der Waals surface area contributed by atoms with Gasteiger partial charge in [-0.2, -0.15) is 13.2 Å². The normalized spacial score (nSPS) is 14.5. The van der Waals surface area contributed by atoms with Crippen LogP contribution in [0.2, 0.25) is 0 Å². The molecule has 0 aromatic heterocycles. The summed E-state index contributed by atoms with van der Waals surface area (Å²) >= 11 is 0. The average molecular weight is 532 g/mol. The number of nitrogens with one attached hydrogen (secondary N) is 1. The molecule has 1 N–H and O–H groups in total. The van der Waals surface area contributed by atoms with Gasteiger partial charge in [-0.1, -0.05) is 24.3 Å². The van der Waals surface area contributed by atoms with Crippen molar-refractivity contribution in [3.63, 3.8) is 0 Å². The number of hydrogen-bond donors (Lipinski definition) is 1. The second kappa shape index (κ2) is 10.1. The maximum atomic E-state index is 13.2. The van der Waals surface area contributed by atoms with Crippen LogP contribution in [0.3, 0.4) is 0 Å². The summed E-state index contributed by atoms with van der Waals surface area (Å²) < 4.78 is 68.3. The molecule has 0 radical (unpaired) electrons. The largest absolute Gasteiger partial charge is 0.416 e. The van der Waals surface area contributed by atoms with Crippen LogP contribution in [0.1, 0.15) is 32.6 Å². The van der Waals surface area contributed by atoms with Gasteiger partial charge in [0.1, 0.15) is 0 Å². The predicted molar refractivity (Wildman–Crippen MR) is 137 cm³/mol. The molecule has 1 saturated heterocycles. The van der Waals surface area contributed by atoms with Gasteiger partial charge in [-0.05, 0) is 73.9 Å². The van der Waals surface area contributed by atoms with Crippen LogP contribution in [-0.4, -0.2) is 45.4 Å². The molecule has 0 unspecified atom stereocenters. The Labute approximate surface area is 214 Å². The van der Waals surface area contributed by atoms with Gasteiger partial charge < -0.3 is 9.80 Å². The molecule has 0 atom stereocenters. The van der Waals surface area contributed by atoms with E-state index in [1.54, 1.807) is 47.1 Å². The van der Waals surface area contributed by atoms with E-state index in [9.17, 15) is 26.4 Å². The van der Waals surface area contributed by atoms with Crippen molar-refractivity contribution in [3.05, 3.63) is 88.5 Å². The Morgan fingerprint density at radius 1 is 0.865 bits per heavy atom. The maximum absolute atomic E-state index is 13.2. The van der Waals surface area contributed by atoms with Crippen LogP contribution in [0.25, 0.3) is 0 Å². The fourth-order valence-electron chi connectivity index (χ4n) is 4.31. The molecule has 1 aliphatic rings. The summed E-state index contributed by atoms with van der Waals surface area (Å²) in [6.45, 7) is 6.71. The molecule has 10 heteroatoms. The van der Waals surface area contributed by atoms with E-state index < -0.39 is 21.8 Å². The summed E-state index contributed by atoms with van der Waals surface area (Å²) in [4.78, 5) is 16.6. The quantitative estimate of drug-likeness (QED) is 0.479. The van der Waals surface area contributed by atoms with E-state index in [1.807, 2.05) is 19.9 Å². The summed E-state index contributed by atoms with van der Waals surface area (Å²) in [5.41, 5.74) is 2.71. The van der Waals surface area contributed by atoms with E-state index >= 15 is 0 Å². The third-order valence-electron chi connectivity index (χ3n) is 6.68. The Kier molecular flexibility index (Phi) is 7.23. The van der Waals surface area contributed by atoms with Crippen LogP contribution in [-0.2, 0) is 16.2 Å². The van der Waals surface area contributed by atoms with Crippen molar-refractivity contribution in [2.45, 2.75) is 31.8 Å². The highest BCUT2D eigenvalue weighted by atomic mass is 32.2. The number of anilines is 2. The SMILES string of the molecule is Cc1ccc(C(=O)N2CCN(c3cccc(C(F)(F)F)c3)CC2)cc1S(=O)(=O)Nc1cccc(C)c1C. The van der Waals surface area contributed by atoms with Gasteiger partial charge in [0.15, 0.2) is 0 Å². The Morgan fingerprint density at radius 2 is 1.54 bits per heavy atom. The minimum atomic E-state index is -4.43. The van der Waals surface area contributed by atoms with E-state index in [2.05, 4.69) is 4.72 Å². The molecular weight excluding hydrogens is 503 g/mol. The second-order valence-electron chi connectivity index (χ2n) is 9.16. The molecule has 0 saturated carbocycles. The highest BCUT2D eigenvalue weighted by Crippen LogP contribution is 2.32. The van der Waals surface area contributed by atoms with Gasteiger partial charge in [0.2, 0.25) is 0 Å². The van der Waals surface area contributed by atoms with Crippen molar-refractivity contribution in [3.8, 4) is 0 Å². The molecular formula is C27H28F3N3O3S. The molecule has 37 heavy (non-hydrogen) atoms. The van der Waals surface area contributed by atoms with Crippen LogP contribution in [0.4, 0.5) is 24.5 Å². The Morgan fingerprint density at radius 3 is 2.22 bits per heavy atom. The van der Waals surface area contributed by atoms with Crippen LogP contribution in [0, 0.1) is 20.8 Å². The summed E-state index contributed by atoms with van der Waals surface area (Å²) in [5, 5.41) is 0. The maximum Gasteiger partial charge on any atom is 0.416 e. The van der Waals surface area contributed by atoms with Crippen molar-refractivity contribution in [1.82, 2.24) is 4.90 Å². The van der Waals surface area contributed by atoms with Crippen molar-refractivity contribution >= 4 is 27.3 Å². The molecule has 1 fully saturated rings. The highest BCUT2D eigenvalue weighted by Gasteiger charge is 2.31. The number of halogens is 3. The van der Waals surface area contributed by atoms with E-state index in [0.29, 0.717) is 43.1 Å². The number of benzene rings is 3. The molecule has 0 spiro atoms. The first-order chi connectivity index (χ1) is 17.4. The van der Waals surface area contributed by atoms with Crippen molar-refractivity contribution < 1.29 is 26.4 Å². The number of aryl methyl sites for hydroxylation is 2. The minimum absolute atomic E-state index is 0.0156. The lowest BCUT2D eigenvalue weighted by Crippen LogP contribution is -2.48. The van der Waals surface area contributed by atoms with Gasteiger partial charge in [0.05, 0.1) is 16.1 Å². The zero-order valence-electron chi connectivity index (χ0n) is 20.8. The van der Waals surface area contributed by atoms with Crippen molar-refractivity contribution in [1.29, 1.82) is 0 Å². The van der Waals surface area contributed by atoms with E-state index in [4.69, 9.17) is 0 Å². The Balaban J connectivity index is 1.49. The van der Waals surface area contributed by atoms with Crippen LogP contribution >= 0.6 is 0 Å². The molecule has 1 amide bonds. The number of sulfonamides is 1. The number of rotatable bonds is 5. The van der Waals surface area contributed by atoms with Crippen LogP contribution < -0.4 is 9.62 Å².